The van der Waals surface area contributed by atoms with Crippen LogP contribution in [0.15, 0.2) is 5.16 Å². The molecule has 0 N–H and O–H groups in total. The van der Waals surface area contributed by atoms with Gasteiger partial charge >= 0.3 is 0 Å². The highest BCUT2D eigenvalue weighted by Gasteiger charge is 2.09. The molecule has 0 bridgehead atoms. The van der Waals surface area contributed by atoms with Crippen LogP contribution in [0.5, 0.6) is 0 Å². The molecule has 1 heterocycles. The molecule has 6 heteroatoms. The molecule has 0 saturated heterocycles. The summed E-state index contributed by atoms with van der Waals surface area (Å²) in [6.07, 6.45) is 1.62. The molecule has 1 aromatic heterocycles. The summed E-state index contributed by atoms with van der Waals surface area (Å²) in [6.45, 7) is 1.79. The van der Waals surface area contributed by atoms with Crippen molar-refractivity contribution in [2.24, 2.45) is 5.16 Å². The third kappa shape index (κ3) is 1.85. The van der Waals surface area contributed by atoms with Crippen LogP contribution in [0.25, 0.3) is 0 Å². The SMILES string of the molecule is CO/N=C(\[C]=O)c1nnc(C)s1. The maximum atomic E-state index is 10.3. The lowest BCUT2D eigenvalue weighted by Crippen LogP contribution is -2.01. The number of hydrogen-bond acceptors (Lipinski definition) is 6. The summed E-state index contributed by atoms with van der Waals surface area (Å²) in [6, 6.07) is 0. The van der Waals surface area contributed by atoms with Crippen LogP contribution in [0, 0.1) is 6.92 Å². The van der Waals surface area contributed by atoms with Crippen LogP contribution in [0.1, 0.15) is 10.0 Å². The van der Waals surface area contributed by atoms with Gasteiger partial charge in [0.15, 0.2) is 10.7 Å². The summed E-state index contributed by atoms with van der Waals surface area (Å²) >= 11 is 1.26. The lowest BCUT2D eigenvalue weighted by Gasteiger charge is -1.88. The van der Waals surface area contributed by atoms with Crippen LogP contribution >= 0.6 is 11.3 Å². The van der Waals surface area contributed by atoms with Gasteiger partial charge in [-0.25, -0.2) is 0 Å². The molecule has 1 radical (unpaired) electrons. The Kier molecular flexibility index (Phi) is 2.87. The Labute approximate surface area is 73.1 Å². The van der Waals surface area contributed by atoms with E-state index in [1.165, 1.54) is 18.4 Å². The average Bonchev–Trinajstić information content (AvgIpc) is 2.47. The van der Waals surface area contributed by atoms with Gasteiger partial charge in [-0.3, -0.25) is 4.79 Å². The summed E-state index contributed by atoms with van der Waals surface area (Å²) in [5.41, 5.74) is 0.0445. The lowest BCUT2D eigenvalue weighted by atomic mass is 10.4. The highest BCUT2D eigenvalue weighted by Crippen LogP contribution is 2.08. The van der Waals surface area contributed by atoms with Gasteiger partial charge in [-0.05, 0) is 6.92 Å². The molecule has 0 saturated carbocycles. The zero-order chi connectivity index (χ0) is 8.97. The standard InChI is InChI=1S/C6H6N3O2S/c1-4-7-8-6(12-4)5(3-10)9-11-2/h1-2H3/b9-5+. The van der Waals surface area contributed by atoms with Gasteiger partial charge in [0.2, 0.25) is 0 Å². The highest BCUT2D eigenvalue weighted by molar-refractivity contribution is 7.13. The van der Waals surface area contributed by atoms with Gasteiger partial charge in [0.1, 0.15) is 12.1 Å². The number of carbonyl (C=O) groups excluding carboxylic acids is 1. The van der Waals surface area contributed by atoms with E-state index in [4.69, 9.17) is 0 Å². The molecule has 0 amide bonds. The number of nitrogens with zero attached hydrogens (tertiary/aromatic N) is 3. The third-order valence-corrected chi connectivity index (χ3v) is 1.85. The van der Waals surface area contributed by atoms with Crippen molar-refractivity contribution in [1.29, 1.82) is 0 Å². The topological polar surface area (TPSA) is 64.4 Å². The largest absolute Gasteiger partial charge is 0.398 e. The van der Waals surface area contributed by atoms with Crippen molar-refractivity contribution in [3.63, 3.8) is 0 Å². The molecule has 0 aromatic carbocycles. The molecule has 1 aromatic rings. The molecule has 0 spiro atoms. The number of rotatable bonds is 3. The summed E-state index contributed by atoms with van der Waals surface area (Å²) in [5.74, 6) is 0. The maximum Gasteiger partial charge on any atom is 0.260 e. The zero-order valence-electron chi connectivity index (χ0n) is 6.57. The van der Waals surface area contributed by atoms with E-state index in [0.717, 1.165) is 5.01 Å². The fourth-order valence-electron chi connectivity index (χ4n) is 0.585. The monoisotopic (exact) mass is 184 g/mol. The van der Waals surface area contributed by atoms with Gasteiger partial charge < -0.3 is 4.84 Å². The molecule has 1 rings (SSSR count). The molecular weight excluding hydrogens is 178 g/mol. The molecule has 0 atom stereocenters. The first-order chi connectivity index (χ1) is 5.77. The summed E-state index contributed by atoms with van der Waals surface area (Å²) in [5, 5.41) is 12.0. The second-order valence-corrected chi connectivity index (χ2v) is 3.03. The summed E-state index contributed by atoms with van der Waals surface area (Å²) in [4.78, 5) is 14.7. The third-order valence-electron chi connectivity index (χ3n) is 1.01. The van der Waals surface area contributed by atoms with Crippen LogP contribution in [0.3, 0.4) is 0 Å². The van der Waals surface area contributed by atoms with Gasteiger partial charge in [0.25, 0.3) is 6.29 Å². The average molecular weight is 184 g/mol. The van der Waals surface area contributed by atoms with Crippen molar-refractivity contribution < 1.29 is 9.63 Å². The van der Waals surface area contributed by atoms with Gasteiger partial charge in [0.05, 0.1) is 0 Å². The fraction of sp³-hybridized carbons (Fsp3) is 0.333. The Morgan fingerprint density at radius 3 is 2.83 bits per heavy atom. The molecule has 0 aliphatic rings. The fourth-order valence-corrected chi connectivity index (χ4v) is 1.20. The van der Waals surface area contributed by atoms with Crippen molar-refractivity contribution in [2.45, 2.75) is 6.92 Å². The first-order valence-corrected chi connectivity index (χ1v) is 3.89. The number of aryl methyl sites for hydroxylation is 1. The minimum atomic E-state index is 0.0445. The Bertz CT molecular complexity index is 307. The Balaban J connectivity index is 2.94. The van der Waals surface area contributed by atoms with Crippen LogP contribution in [-0.4, -0.2) is 29.3 Å². The van der Waals surface area contributed by atoms with E-state index in [1.54, 1.807) is 13.2 Å². The normalized spacial score (nSPS) is 11.3. The molecular formula is C6H6N3O2S. The van der Waals surface area contributed by atoms with Crippen LogP contribution < -0.4 is 0 Å². The van der Waals surface area contributed by atoms with E-state index in [9.17, 15) is 4.79 Å². The van der Waals surface area contributed by atoms with Crippen molar-refractivity contribution in [1.82, 2.24) is 10.2 Å². The molecule has 12 heavy (non-hydrogen) atoms. The zero-order valence-corrected chi connectivity index (χ0v) is 7.38. The second-order valence-electron chi connectivity index (χ2n) is 1.85. The predicted octanol–water partition coefficient (Wildman–Crippen LogP) is 0.307. The van der Waals surface area contributed by atoms with E-state index in [2.05, 4.69) is 20.2 Å². The highest BCUT2D eigenvalue weighted by atomic mass is 32.1. The first kappa shape index (κ1) is 8.79. The van der Waals surface area contributed by atoms with E-state index >= 15 is 0 Å². The molecule has 5 nitrogen and oxygen atoms in total. The van der Waals surface area contributed by atoms with Crippen molar-refractivity contribution in [3.8, 4) is 0 Å². The van der Waals surface area contributed by atoms with Crippen molar-refractivity contribution >= 4 is 23.3 Å². The lowest BCUT2D eigenvalue weighted by molar-refractivity contribution is 0.214. The predicted molar refractivity (Wildman–Crippen MR) is 43.9 cm³/mol. The first-order valence-electron chi connectivity index (χ1n) is 3.07. The van der Waals surface area contributed by atoms with E-state index in [0.29, 0.717) is 5.01 Å². The van der Waals surface area contributed by atoms with E-state index in [1.807, 2.05) is 0 Å². The van der Waals surface area contributed by atoms with Gasteiger partial charge in [0, 0.05) is 0 Å². The Hall–Kier alpha value is -1.30. The molecule has 63 valence electrons. The van der Waals surface area contributed by atoms with E-state index < -0.39 is 0 Å². The molecule has 0 aliphatic heterocycles. The molecule has 0 unspecified atom stereocenters. The maximum absolute atomic E-state index is 10.3. The van der Waals surface area contributed by atoms with Crippen LogP contribution in [0.2, 0.25) is 0 Å². The summed E-state index contributed by atoms with van der Waals surface area (Å²) < 4.78 is 0. The number of aromatic nitrogens is 2. The quantitative estimate of drug-likeness (QED) is 0.501. The number of hydrogen-bond donors (Lipinski definition) is 0. The van der Waals surface area contributed by atoms with Crippen molar-refractivity contribution in [3.05, 3.63) is 10.0 Å². The summed E-state index contributed by atoms with van der Waals surface area (Å²) in [7, 11) is 1.35. The number of oxime groups is 1. The Morgan fingerprint density at radius 2 is 2.42 bits per heavy atom. The van der Waals surface area contributed by atoms with E-state index in [-0.39, 0.29) is 5.71 Å². The second kappa shape index (κ2) is 3.91. The van der Waals surface area contributed by atoms with Gasteiger partial charge in [-0.1, -0.05) is 16.5 Å². The van der Waals surface area contributed by atoms with Crippen LogP contribution in [0.4, 0.5) is 0 Å². The van der Waals surface area contributed by atoms with Crippen molar-refractivity contribution in [2.75, 3.05) is 7.11 Å². The Morgan fingerprint density at radius 1 is 1.67 bits per heavy atom. The van der Waals surface area contributed by atoms with Gasteiger partial charge in [-0.15, -0.1) is 10.2 Å². The minimum Gasteiger partial charge on any atom is -0.398 e. The minimum absolute atomic E-state index is 0.0445. The van der Waals surface area contributed by atoms with Crippen LogP contribution in [-0.2, 0) is 9.63 Å². The van der Waals surface area contributed by atoms with Gasteiger partial charge in [-0.2, -0.15) is 0 Å². The molecule has 0 aliphatic carbocycles. The molecule has 0 fully saturated rings. The smallest absolute Gasteiger partial charge is 0.260 e.